The molecule has 0 fully saturated rings. The highest BCUT2D eigenvalue weighted by Crippen LogP contribution is 2.21. The van der Waals surface area contributed by atoms with Gasteiger partial charge in [0.15, 0.2) is 4.98 Å². The smallest absolute Gasteiger partial charge is 0.394 e. The quantitative estimate of drug-likeness (QED) is 0.310. The Bertz CT molecular complexity index is 1080. The van der Waals surface area contributed by atoms with Crippen molar-refractivity contribution in [2.75, 3.05) is 13.3 Å². The summed E-state index contributed by atoms with van der Waals surface area (Å²) >= 11 is 0. The third-order valence-corrected chi connectivity index (χ3v) is 4.18. The lowest BCUT2D eigenvalue weighted by Gasteiger charge is -2.22. The third kappa shape index (κ3) is 8.14. The van der Waals surface area contributed by atoms with Gasteiger partial charge in [-0.25, -0.2) is 0 Å². The Morgan fingerprint density at radius 3 is 2.27 bits per heavy atom. The summed E-state index contributed by atoms with van der Waals surface area (Å²) in [6, 6.07) is 22.0. The number of ether oxygens (including phenoxy) is 1. The van der Waals surface area contributed by atoms with Crippen LogP contribution < -0.4 is 4.74 Å². The van der Waals surface area contributed by atoms with Crippen molar-refractivity contribution in [3.8, 4) is 5.75 Å². The maximum atomic E-state index is 8.74. The lowest BCUT2D eigenvalue weighted by molar-refractivity contribution is 0.119. The second-order valence-electron chi connectivity index (χ2n) is 6.51. The molecule has 3 aromatic carbocycles. The first kappa shape index (κ1) is 23.3. The fourth-order valence-electron chi connectivity index (χ4n) is 2.95. The number of hydrogen-bond acceptors (Lipinski definition) is 5. The molecule has 0 aromatic heterocycles. The zero-order valence-corrected chi connectivity index (χ0v) is 17.4. The Kier molecular flexibility index (Phi) is 8.70. The second kappa shape index (κ2) is 11.2. The van der Waals surface area contributed by atoms with Crippen LogP contribution in [0.15, 0.2) is 66.7 Å². The minimum Gasteiger partial charge on any atom is -0.478 e. The summed E-state index contributed by atoms with van der Waals surface area (Å²) < 4.78 is 37.5. The van der Waals surface area contributed by atoms with Crippen LogP contribution in [0.25, 0.3) is 15.7 Å². The first-order valence-electron chi connectivity index (χ1n) is 9.27. The predicted octanol–water partition coefficient (Wildman–Crippen LogP) is 4.92. The molecule has 3 aromatic rings. The molecule has 0 amide bonds. The van der Waals surface area contributed by atoms with Crippen LogP contribution in [-0.2, 0) is 16.9 Å². The van der Waals surface area contributed by atoms with Gasteiger partial charge in [-0.3, -0.25) is 14.0 Å². The Balaban J connectivity index is 0.000000575. The van der Waals surface area contributed by atoms with E-state index < -0.39 is 10.4 Å². The van der Waals surface area contributed by atoms with E-state index in [1.165, 1.54) is 16.3 Å². The largest absolute Gasteiger partial charge is 0.478 e. The minimum atomic E-state index is -4.67. The first-order valence-corrected chi connectivity index (χ1v) is 10.7. The highest BCUT2D eigenvalue weighted by atomic mass is 32.3. The molecule has 30 heavy (non-hydrogen) atoms. The van der Waals surface area contributed by atoms with Gasteiger partial charge in [0.05, 0.1) is 0 Å². The van der Waals surface area contributed by atoms with E-state index in [0.29, 0.717) is 12.4 Å². The van der Waals surface area contributed by atoms with Crippen molar-refractivity contribution in [1.82, 2.24) is 4.90 Å². The maximum Gasteiger partial charge on any atom is 0.394 e. The summed E-state index contributed by atoms with van der Waals surface area (Å²) in [4.78, 5) is 5.45. The summed E-state index contributed by atoms with van der Waals surface area (Å²) in [6.07, 6.45) is 1.07. The molecule has 0 aliphatic carbocycles. The average Bonchev–Trinajstić information content (AvgIpc) is 2.71. The average molecular weight is 431 g/mol. The van der Waals surface area contributed by atoms with Gasteiger partial charge in [0, 0.05) is 25.2 Å². The molecule has 2 N–H and O–H groups in total. The molecule has 0 spiro atoms. The number of benzene rings is 3. The molecule has 0 heterocycles. The van der Waals surface area contributed by atoms with E-state index in [9.17, 15) is 0 Å². The molecule has 0 unspecified atom stereocenters. The van der Waals surface area contributed by atoms with E-state index in [-0.39, 0.29) is 0 Å². The molecule has 0 saturated carbocycles. The Morgan fingerprint density at radius 2 is 1.63 bits per heavy atom. The van der Waals surface area contributed by atoms with E-state index in [1.54, 1.807) is 12.1 Å². The van der Waals surface area contributed by atoms with Gasteiger partial charge >= 0.3 is 16.1 Å². The summed E-state index contributed by atoms with van der Waals surface area (Å²) in [5.41, 5.74) is 1.83. The van der Waals surface area contributed by atoms with Crippen LogP contribution >= 0.6 is 0 Å². The summed E-state index contributed by atoms with van der Waals surface area (Å²) in [5, 5.41) is 11.3. The van der Waals surface area contributed by atoms with Crippen molar-refractivity contribution in [2.45, 2.75) is 19.9 Å². The Morgan fingerprint density at radius 1 is 1.00 bits per heavy atom. The number of nitrogens with zero attached hydrogens (tertiary/aromatic N) is 3. The van der Waals surface area contributed by atoms with E-state index >= 15 is 0 Å². The SMILES string of the molecule is CCCN(COc1ccc([N+]#N)cc1)Cc1cccc2ccccc12.O=S(=O)(O)O. The molecular formula is C21H24N3O5S+. The zero-order chi connectivity index (χ0) is 22.0. The van der Waals surface area contributed by atoms with Crippen LogP contribution in [-0.4, -0.2) is 35.7 Å². The fraction of sp³-hybridized carbons (Fsp3) is 0.238. The molecule has 8 nitrogen and oxygen atoms in total. The molecule has 158 valence electrons. The maximum absolute atomic E-state index is 8.74. The Labute approximate surface area is 175 Å². The first-order chi connectivity index (χ1) is 14.3. The highest BCUT2D eigenvalue weighted by molar-refractivity contribution is 7.79. The molecule has 3 rings (SSSR count). The molecular weight excluding hydrogens is 406 g/mol. The van der Waals surface area contributed by atoms with E-state index in [1.807, 2.05) is 12.1 Å². The van der Waals surface area contributed by atoms with Gasteiger partial charge in [-0.15, -0.1) is 0 Å². The fourth-order valence-corrected chi connectivity index (χ4v) is 2.95. The van der Waals surface area contributed by atoms with Crippen molar-refractivity contribution in [2.24, 2.45) is 0 Å². The van der Waals surface area contributed by atoms with Crippen LogP contribution in [0.1, 0.15) is 18.9 Å². The predicted molar refractivity (Wildman–Crippen MR) is 116 cm³/mol. The summed E-state index contributed by atoms with van der Waals surface area (Å²) in [5.74, 6) is 0.770. The van der Waals surface area contributed by atoms with Crippen LogP contribution in [0.4, 0.5) is 5.69 Å². The van der Waals surface area contributed by atoms with Crippen molar-refractivity contribution >= 4 is 26.9 Å². The lowest BCUT2D eigenvalue weighted by Crippen LogP contribution is -2.28. The molecule has 0 saturated heterocycles. The van der Waals surface area contributed by atoms with Gasteiger partial charge in [0.1, 0.15) is 12.5 Å². The molecule has 0 aliphatic heterocycles. The van der Waals surface area contributed by atoms with E-state index in [2.05, 4.69) is 59.3 Å². The minimum absolute atomic E-state index is 0.521. The molecule has 0 bridgehead atoms. The second-order valence-corrected chi connectivity index (χ2v) is 7.40. The van der Waals surface area contributed by atoms with E-state index in [4.69, 9.17) is 27.7 Å². The molecule has 9 heteroatoms. The molecule has 0 aliphatic rings. The zero-order valence-electron chi connectivity index (χ0n) is 16.5. The standard InChI is InChI=1S/C21H22N3O.H2O4S/c1-2-14-24(16-25-20-12-10-19(23-22)11-13-20)15-18-8-5-7-17-6-3-4-9-21(17)18;1-5(2,3)4/h3-13H,2,14-16H2,1H3;(H2,1,2,3,4)/q+1;. The number of fused-ring (bicyclic) bond motifs is 1. The third-order valence-electron chi connectivity index (χ3n) is 4.18. The van der Waals surface area contributed by atoms with Crippen LogP contribution in [0.3, 0.4) is 0 Å². The van der Waals surface area contributed by atoms with E-state index in [0.717, 1.165) is 25.3 Å². The Hall–Kier alpha value is -3.03. The van der Waals surface area contributed by atoms with Gasteiger partial charge in [-0.2, -0.15) is 8.42 Å². The van der Waals surface area contributed by atoms with Crippen LogP contribution in [0.2, 0.25) is 0 Å². The van der Waals surface area contributed by atoms with Gasteiger partial charge in [-0.05, 0) is 34.9 Å². The number of diazo groups is 1. The van der Waals surface area contributed by atoms with Crippen molar-refractivity contribution < 1.29 is 22.3 Å². The molecule has 0 radical (unpaired) electrons. The van der Waals surface area contributed by atoms with Gasteiger partial charge in [0.25, 0.3) is 0 Å². The van der Waals surface area contributed by atoms with Crippen LogP contribution in [0.5, 0.6) is 5.75 Å². The van der Waals surface area contributed by atoms with Crippen molar-refractivity contribution in [1.29, 1.82) is 5.39 Å². The monoisotopic (exact) mass is 430 g/mol. The van der Waals surface area contributed by atoms with Gasteiger partial charge in [0.2, 0.25) is 5.39 Å². The lowest BCUT2D eigenvalue weighted by atomic mass is 10.0. The van der Waals surface area contributed by atoms with Gasteiger partial charge in [-0.1, -0.05) is 49.4 Å². The normalized spacial score (nSPS) is 10.9. The summed E-state index contributed by atoms with van der Waals surface area (Å²) in [7, 11) is -4.67. The van der Waals surface area contributed by atoms with Crippen molar-refractivity contribution in [3.63, 3.8) is 0 Å². The topological polar surface area (TPSA) is 115 Å². The highest BCUT2D eigenvalue weighted by Gasteiger charge is 2.09. The number of hydrogen-bond donors (Lipinski definition) is 2. The number of rotatable bonds is 7. The summed E-state index contributed by atoms with van der Waals surface area (Å²) in [6.45, 7) is 4.51. The van der Waals surface area contributed by atoms with Crippen LogP contribution in [0, 0.1) is 5.39 Å². The molecule has 0 atom stereocenters. The van der Waals surface area contributed by atoms with Gasteiger partial charge < -0.3 is 4.74 Å². The van der Waals surface area contributed by atoms with Crippen molar-refractivity contribution in [3.05, 3.63) is 77.3 Å².